The molecule has 4 nitrogen and oxygen atoms in total. The number of carbonyl (C=O) groups is 2. The van der Waals surface area contributed by atoms with Crippen LogP contribution in [0.15, 0.2) is 11.1 Å². The van der Waals surface area contributed by atoms with E-state index in [2.05, 4.69) is 0 Å². The van der Waals surface area contributed by atoms with Gasteiger partial charge in [-0.1, -0.05) is 5.57 Å². The zero-order valence-electron chi connectivity index (χ0n) is 8.70. The van der Waals surface area contributed by atoms with Crippen molar-refractivity contribution >= 4 is 11.9 Å². The molecule has 0 aromatic heterocycles. The third kappa shape index (κ3) is 1.78. The van der Waals surface area contributed by atoms with Gasteiger partial charge in [0, 0.05) is 12.6 Å². The number of aliphatic carboxylic acids is 1. The average molecular weight is 197 g/mol. The lowest BCUT2D eigenvalue weighted by atomic mass is 10.00. The van der Waals surface area contributed by atoms with E-state index >= 15 is 0 Å². The predicted molar refractivity (Wildman–Crippen MR) is 51.8 cm³/mol. The Morgan fingerprint density at radius 1 is 1.50 bits per heavy atom. The molecule has 0 unspecified atom stereocenters. The third-order valence-electron chi connectivity index (χ3n) is 2.47. The lowest BCUT2D eigenvalue weighted by Crippen LogP contribution is -2.43. The number of rotatable bonds is 2. The van der Waals surface area contributed by atoms with Crippen LogP contribution in [0.25, 0.3) is 0 Å². The maximum absolute atomic E-state index is 11.7. The summed E-state index contributed by atoms with van der Waals surface area (Å²) in [5.74, 6) is -1.46. The van der Waals surface area contributed by atoms with Crippen LogP contribution in [-0.2, 0) is 9.59 Å². The Morgan fingerprint density at radius 3 is 2.50 bits per heavy atom. The summed E-state index contributed by atoms with van der Waals surface area (Å²) in [6, 6.07) is 0.0601. The smallest absolute Gasteiger partial charge is 0.341 e. The number of amides is 1. The second-order valence-corrected chi connectivity index (χ2v) is 3.80. The first-order valence-corrected chi connectivity index (χ1v) is 4.69. The normalized spacial score (nSPS) is 18.0. The molecule has 0 radical (unpaired) electrons. The van der Waals surface area contributed by atoms with E-state index in [4.69, 9.17) is 5.11 Å². The van der Waals surface area contributed by atoms with Crippen LogP contribution < -0.4 is 0 Å². The molecule has 1 aliphatic heterocycles. The molecule has 0 saturated heterocycles. The Labute approximate surface area is 83.2 Å². The summed E-state index contributed by atoms with van der Waals surface area (Å²) >= 11 is 0. The summed E-state index contributed by atoms with van der Waals surface area (Å²) in [7, 11) is 0. The van der Waals surface area contributed by atoms with Crippen molar-refractivity contribution in [3.8, 4) is 0 Å². The minimum Gasteiger partial charge on any atom is -0.477 e. The summed E-state index contributed by atoms with van der Waals surface area (Å²) in [6.07, 6.45) is 0.658. The first-order valence-electron chi connectivity index (χ1n) is 4.69. The molecule has 1 heterocycles. The summed E-state index contributed by atoms with van der Waals surface area (Å²) in [6.45, 7) is 6.11. The first kappa shape index (κ1) is 10.8. The fourth-order valence-electron chi connectivity index (χ4n) is 1.61. The molecule has 0 bridgehead atoms. The van der Waals surface area contributed by atoms with Gasteiger partial charge in [-0.25, -0.2) is 4.79 Å². The van der Waals surface area contributed by atoms with E-state index in [-0.39, 0.29) is 17.5 Å². The zero-order valence-corrected chi connectivity index (χ0v) is 8.70. The van der Waals surface area contributed by atoms with Crippen molar-refractivity contribution in [3.63, 3.8) is 0 Å². The molecule has 0 aromatic rings. The van der Waals surface area contributed by atoms with Crippen molar-refractivity contribution in [2.24, 2.45) is 0 Å². The molecule has 1 aliphatic rings. The van der Waals surface area contributed by atoms with Crippen molar-refractivity contribution < 1.29 is 14.7 Å². The van der Waals surface area contributed by atoms with E-state index in [1.807, 2.05) is 13.8 Å². The highest BCUT2D eigenvalue weighted by Gasteiger charge is 2.30. The zero-order chi connectivity index (χ0) is 10.9. The molecular weight excluding hydrogens is 182 g/mol. The second kappa shape index (κ2) is 3.82. The molecule has 0 fully saturated rings. The molecule has 0 aromatic carbocycles. The quantitative estimate of drug-likeness (QED) is 0.672. The van der Waals surface area contributed by atoms with Gasteiger partial charge in [0.15, 0.2) is 0 Å². The van der Waals surface area contributed by atoms with Crippen LogP contribution in [0.4, 0.5) is 0 Å². The molecule has 1 amide bonds. The van der Waals surface area contributed by atoms with Crippen LogP contribution in [0.5, 0.6) is 0 Å². The lowest BCUT2D eigenvalue weighted by Gasteiger charge is -2.31. The van der Waals surface area contributed by atoms with E-state index in [1.165, 1.54) is 0 Å². The highest BCUT2D eigenvalue weighted by Crippen LogP contribution is 2.20. The Bertz CT molecular complexity index is 304. The van der Waals surface area contributed by atoms with E-state index in [0.717, 1.165) is 0 Å². The minimum atomic E-state index is -1.11. The van der Waals surface area contributed by atoms with Crippen LogP contribution in [0, 0.1) is 0 Å². The molecule has 0 atom stereocenters. The van der Waals surface area contributed by atoms with Gasteiger partial charge in [-0.3, -0.25) is 4.79 Å². The number of hydrogen-bond acceptors (Lipinski definition) is 2. The summed E-state index contributed by atoms with van der Waals surface area (Å²) in [5.41, 5.74) is 0.629. The molecule has 0 spiro atoms. The van der Waals surface area contributed by atoms with Crippen LogP contribution in [0.1, 0.15) is 27.2 Å². The van der Waals surface area contributed by atoms with Crippen LogP contribution in [0.2, 0.25) is 0 Å². The number of nitrogens with zero attached hydrogens (tertiary/aromatic N) is 1. The fraction of sp³-hybridized carbons (Fsp3) is 0.600. The largest absolute Gasteiger partial charge is 0.477 e. The van der Waals surface area contributed by atoms with E-state index in [1.54, 1.807) is 11.8 Å². The van der Waals surface area contributed by atoms with Gasteiger partial charge in [0.2, 0.25) is 0 Å². The summed E-state index contributed by atoms with van der Waals surface area (Å²) in [4.78, 5) is 24.1. The SMILES string of the molecule is CC1=C(C(=O)O)C(=O)N(C(C)C)CC1. The number of hydrogen-bond donors (Lipinski definition) is 1. The first-order chi connectivity index (χ1) is 6.45. The van der Waals surface area contributed by atoms with Gasteiger partial charge < -0.3 is 10.0 Å². The van der Waals surface area contributed by atoms with Crippen LogP contribution >= 0.6 is 0 Å². The Kier molecular flexibility index (Phi) is 2.93. The van der Waals surface area contributed by atoms with Gasteiger partial charge in [0.25, 0.3) is 5.91 Å². The molecule has 78 valence electrons. The molecular formula is C10H15NO3. The van der Waals surface area contributed by atoms with Crippen molar-refractivity contribution in [1.29, 1.82) is 0 Å². The van der Waals surface area contributed by atoms with Crippen molar-refractivity contribution in [2.75, 3.05) is 6.54 Å². The molecule has 4 heteroatoms. The topological polar surface area (TPSA) is 57.6 Å². The van der Waals surface area contributed by atoms with Crippen LogP contribution in [-0.4, -0.2) is 34.5 Å². The molecule has 1 N–H and O–H groups in total. The van der Waals surface area contributed by atoms with Crippen molar-refractivity contribution in [3.05, 3.63) is 11.1 Å². The van der Waals surface area contributed by atoms with Crippen LogP contribution in [0.3, 0.4) is 0 Å². The minimum absolute atomic E-state index is 0.0510. The second-order valence-electron chi connectivity index (χ2n) is 3.80. The van der Waals surface area contributed by atoms with Gasteiger partial charge in [-0.15, -0.1) is 0 Å². The van der Waals surface area contributed by atoms with Gasteiger partial charge in [-0.05, 0) is 27.2 Å². The van der Waals surface area contributed by atoms with Gasteiger partial charge in [-0.2, -0.15) is 0 Å². The molecule has 14 heavy (non-hydrogen) atoms. The Balaban J connectivity index is 3.02. The molecule has 1 rings (SSSR count). The Morgan fingerprint density at radius 2 is 2.07 bits per heavy atom. The van der Waals surface area contributed by atoms with E-state index in [0.29, 0.717) is 18.5 Å². The molecule has 0 saturated carbocycles. The van der Waals surface area contributed by atoms with E-state index < -0.39 is 5.97 Å². The van der Waals surface area contributed by atoms with Crippen molar-refractivity contribution in [2.45, 2.75) is 33.2 Å². The predicted octanol–water partition coefficient (Wildman–Crippen LogP) is 1.03. The van der Waals surface area contributed by atoms with Gasteiger partial charge >= 0.3 is 5.97 Å². The maximum atomic E-state index is 11.7. The summed E-state index contributed by atoms with van der Waals surface area (Å²) in [5, 5.41) is 8.87. The maximum Gasteiger partial charge on any atom is 0.341 e. The fourth-order valence-corrected chi connectivity index (χ4v) is 1.61. The number of carboxylic acid groups (broad SMARTS) is 1. The summed E-state index contributed by atoms with van der Waals surface area (Å²) < 4.78 is 0. The van der Waals surface area contributed by atoms with Gasteiger partial charge in [0.05, 0.1) is 0 Å². The standard InChI is InChI=1S/C10H15NO3/c1-6(2)11-5-4-7(3)8(9(11)12)10(13)14/h6H,4-5H2,1-3H3,(H,13,14). The number of carbonyl (C=O) groups excluding carboxylic acids is 1. The average Bonchev–Trinajstić information content (AvgIpc) is 2.02. The van der Waals surface area contributed by atoms with Crippen molar-refractivity contribution in [1.82, 2.24) is 4.90 Å². The lowest BCUT2D eigenvalue weighted by molar-refractivity contribution is -0.139. The van der Waals surface area contributed by atoms with Gasteiger partial charge in [0.1, 0.15) is 5.57 Å². The Hall–Kier alpha value is -1.32. The highest BCUT2D eigenvalue weighted by molar-refractivity contribution is 6.16. The van der Waals surface area contributed by atoms with E-state index in [9.17, 15) is 9.59 Å². The monoisotopic (exact) mass is 197 g/mol. The molecule has 0 aliphatic carbocycles. The number of carboxylic acids is 1. The highest BCUT2D eigenvalue weighted by atomic mass is 16.4. The third-order valence-corrected chi connectivity index (χ3v) is 2.47.